The molecule has 3 atom stereocenters. The number of alkyl halides is 3. The van der Waals surface area contributed by atoms with Gasteiger partial charge in [0.25, 0.3) is 0 Å². The fourth-order valence-electron chi connectivity index (χ4n) is 8.93. The summed E-state index contributed by atoms with van der Waals surface area (Å²) in [7, 11) is -2.40. The lowest BCUT2D eigenvalue weighted by molar-refractivity contribution is -0.141. The van der Waals surface area contributed by atoms with Crippen molar-refractivity contribution in [3.8, 4) is 34.5 Å². The second kappa shape index (κ2) is 16.3. The summed E-state index contributed by atoms with van der Waals surface area (Å²) in [6.45, 7) is 3.86. The first kappa shape index (κ1) is 43.0. The van der Waals surface area contributed by atoms with Gasteiger partial charge in [0, 0.05) is 38.3 Å². The van der Waals surface area contributed by atoms with Crippen LogP contribution in [0.25, 0.3) is 33.7 Å². The molecule has 4 aliphatic rings. The van der Waals surface area contributed by atoms with Crippen molar-refractivity contribution in [2.45, 2.75) is 81.6 Å². The number of methoxy groups -OCH3 is 1. The van der Waals surface area contributed by atoms with E-state index in [1.807, 2.05) is 46.2 Å². The fraction of sp³-hybridized carbons (Fsp3) is 0.432. The highest BCUT2D eigenvalue weighted by Gasteiger charge is 2.51. The Labute approximate surface area is 366 Å². The highest BCUT2D eigenvalue weighted by molar-refractivity contribution is 7.91. The number of oxazole rings is 1. The van der Waals surface area contributed by atoms with Crippen LogP contribution in [0.1, 0.15) is 78.7 Å². The fourth-order valence-corrected chi connectivity index (χ4v) is 10.6. The number of hydrogen-bond acceptors (Lipinski definition) is 13. The van der Waals surface area contributed by atoms with Gasteiger partial charge in [0.2, 0.25) is 27.7 Å². The molecule has 2 aliphatic carbocycles. The van der Waals surface area contributed by atoms with E-state index in [1.54, 1.807) is 19.1 Å². The van der Waals surface area contributed by atoms with Crippen LogP contribution in [0.5, 0.6) is 5.88 Å². The van der Waals surface area contributed by atoms with Gasteiger partial charge in [-0.25, -0.2) is 18.4 Å². The molecule has 0 spiro atoms. The van der Waals surface area contributed by atoms with E-state index < -0.39 is 56.4 Å². The standard InChI is InChI=1S/C44H44ClF3N8O6S/c1-43(13-14-43)63(59,60)54-40(58)25-11-15-55(21-25)20-24-17-26(19-49)37-34(18-24)52-41(62-37)32-8-4-7-31(36(32)45)28-5-3-6-30-29(28)9-10-33(30)51-39-38(44(46,47)48)50-35(42(53-39)61-2)23-56-16-12-27(57)22-56/h3-8,17-18,25,27,33,57H,9-16,20-23H2,1-2H3,(H,51,53)(H,54,58)/t25-,27-,33-/m1/s1. The first-order valence-corrected chi connectivity index (χ1v) is 22.6. The van der Waals surface area contributed by atoms with E-state index in [1.165, 1.54) is 7.11 Å². The minimum atomic E-state index is -4.81. The Hall–Kier alpha value is -5.32. The topological polar surface area (TPSA) is 187 Å². The Morgan fingerprint density at radius 2 is 1.76 bits per heavy atom. The van der Waals surface area contributed by atoms with Gasteiger partial charge in [-0.1, -0.05) is 41.9 Å². The Kier molecular flexibility index (Phi) is 11.1. The molecular weight excluding hydrogens is 861 g/mol. The minimum absolute atomic E-state index is 0.0274. The number of aliphatic hydroxyl groups excluding tert-OH is 1. The molecule has 1 saturated carbocycles. The number of β-amino-alcohol motifs (C(OH)–C–C–N with tert-alkyl or cyclic N) is 1. The number of carbonyl (C=O) groups excluding carboxylic acids is 1. The number of fused-ring (bicyclic) bond motifs is 2. The van der Waals surface area contributed by atoms with Crippen molar-refractivity contribution in [3.05, 3.63) is 87.2 Å². The van der Waals surface area contributed by atoms with Crippen molar-refractivity contribution in [1.82, 2.24) is 29.5 Å². The number of likely N-dealkylation sites (tertiary alicyclic amines) is 2. The smallest absolute Gasteiger partial charge is 0.437 e. The third kappa shape index (κ3) is 8.32. The van der Waals surface area contributed by atoms with Gasteiger partial charge in [-0.3, -0.25) is 19.3 Å². The number of ether oxygens (including phenoxy) is 1. The van der Waals surface area contributed by atoms with Crippen LogP contribution in [-0.4, -0.2) is 88.3 Å². The van der Waals surface area contributed by atoms with E-state index in [2.05, 4.69) is 26.1 Å². The Morgan fingerprint density at radius 3 is 2.48 bits per heavy atom. The largest absolute Gasteiger partial charge is 0.480 e. The molecule has 9 rings (SSSR count). The van der Waals surface area contributed by atoms with Crippen LogP contribution in [0.3, 0.4) is 0 Å². The number of nitrogens with one attached hydrogen (secondary N) is 2. The lowest BCUT2D eigenvalue weighted by atomic mass is 9.95. The van der Waals surface area contributed by atoms with Gasteiger partial charge in [-0.15, -0.1) is 0 Å². The summed E-state index contributed by atoms with van der Waals surface area (Å²) >= 11 is 7.16. The van der Waals surface area contributed by atoms with E-state index in [0.29, 0.717) is 92.9 Å². The monoisotopic (exact) mass is 904 g/mol. The highest BCUT2D eigenvalue weighted by atomic mass is 35.5. The van der Waals surface area contributed by atoms with Crippen LogP contribution in [0, 0.1) is 17.2 Å². The van der Waals surface area contributed by atoms with Crippen molar-refractivity contribution in [2.24, 2.45) is 5.92 Å². The quantitative estimate of drug-likeness (QED) is 0.116. The van der Waals surface area contributed by atoms with Gasteiger partial charge in [0.05, 0.1) is 46.1 Å². The number of carbonyl (C=O) groups is 1. The summed E-state index contributed by atoms with van der Waals surface area (Å²) in [4.78, 5) is 29.8. The van der Waals surface area contributed by atoms with Crippen molar-refractivity contribution >= 4 is 44.4 Å². The molecule has 2 aromatic heterocycles. The zero-order valence-corrected chi connectivity index (χ0v) is 36.0. The lowest BCUT2D eigenvalue weighted by Gasteiger charge is -2.22. The van der Waals surface area contributed by atoms with Crippen molar-refractivity contribution in [3.63, 3.8) is 0 Å². The number of sulfonamides is 1. The number of rotatable bonds is 12. The molecule has 0 unspecified atom stereocenters. The number of aromatic nitrogens is 3. The highest BCUT2D eigenvalue weighted by Crippen LogP contribution is 2.46. The molecule has 1 amide bonds. The number of benzene rings is 3. The summed E-state index contributed by atoms with van der Waals surface area (Å²) in [5, 5.41) is 23.4. The minimum Gasteiger partial charge on any atom is -0.480 e. The van der Waals surface area contributed by atoms with E-state index in [4.69, 9.17) is 25.7 Å². The molecule has 3 N–H and O–H groups in total. The average Bonchev–Trinajstić information content (AvgIpc) is 3.69. The zero-order valence-electron chi connectivity index (χ0n) is 34.4. The third-order valence-electron chi connectivity index (χ3n) is 12.7. The Balaban J connectivity index is 0.949. The first-order chi connectivity index (χ1) is 30.0. The molecule has 63 heavy (non-hydrogen) atoms. The van der Waals surface area contributed by atoms with Gasteiger partial charge in [-0.05, 0) is 92.4 Å². The number of nitrogens with zero attached hydrogens (tertiary/aromatic N) is 6. The number of aliphatic hydroxyl groups is 1. The molecule has 14 nitrogen and oxygen atoms in total. The van der Waals surface area contributed by atoms with Crippen LogP contribution in [0.2, 0.25) is 5.02 Å². The first-order valence-electron chi connectivity index (χ1n) is 20.8. The molecule has 330 valence electrons. The third-order valence-corrected chi connectivity index (χ3v) is 15.3. The molecule has 2 aliphatic heterocycles. The zero-order chi connectivity index (χ0) is 44.4. The average molecular weight is 905 g/mol. The molecule has 4 heterocycles. The summed E-state index contributed by atoms with van der Waals surface area (Å²) in [6.07, 6.45) is -2.28. The second-order valence-electron chi connectivity index (χ2n) is 17.1. The van der Waals surface area contributed by atoms with Crippen molar-refractivity contribution in [2.75, 3.05) is 38.6 Å². The summed E-state index contributed by atoms with van der Waals surface area (Å²) in [5.74, 6) is -1.25. The maximum Gasteiger partial charge on any atom is 0.437 e. The van der Waals surface area contributed by atoms with Gasteiger partial charge in [-0.2, -0.15) is 23.4 Å². The lowest BCUT2D eigenvalue weighted by Crippen LogP contribution is -2.42. The summed E-state index contributed by atoms with van der Waals surface area (Å²) in [6, 6.07) is 16.2. The molecule has 19 heteroatoms. The van der Waals surface area contributed by atoms with E-state index >= 15 is 0 Å². The number of nitriles is 1. The summed E-state index contributed by atoms with van der Waals surface area (Å²) < 4.78 is 81.9. The number of amides is 1. The van der Waals surface area contributed by atoms with Gasteiger partial charge in [0.15, 0.2) is 17.1 Å². The second-order valence-corrected chi connectivity index (χ2v) is 19.7. The van der Waals surface area contributed by atoms with Crippen LogP contribution in [0.4, 0.5) is 19.0 Å². The van der Waals surface area contributed by atoms with Gasteiger partial charge >= 0.3 is 6.18 Å². The molecule has 3 aromatic carbocycles. The number of hydrogen-bond donors (Lipinski definition) is 3. The molecule has 2 saturated heterocycles. The van der Waals surface area contributed by atoms with Gasteiger partial charge in [0.1, 0.15) is 17.3 Å². The van der Waals surface area contributed by atoms with Crippen LogP contribution in [-0.2, 0) is 40.5 Å². The normalized spacial score (nSPS) is 21.1. The SMILES string of the molecule is COc1nc(N[C@@H]2CCc3c(-c4cccc(-c5nc6cc(CN7CC[C@@H](C(=O)NS(=O)(=O)C8(C)CC8)C7)cc(C#N)c6o5)c4Cl)cccc32)c(C(F)(F)F)nc1CN1CC[C@@H](O)C1. The number of halogens is 4. The molecule has 0 bridgehead atoms. The Bertz CT molecular complexity index is 2790. The molecular formula is C44H44ClF3N8O6S. The molecule has 3 fully saturated rings. The van der Waals surface area contributed by atoms with Crippen LogP contribution in [0.15, 0.2) is 52.9 Å². The van der Waals surface area contributed by atoms with Crippen molar-refractivity contribution in [1.29, 1.82) is 5.26 Å². The summed E-state index contributed by atoms with van der Waals surface area (Å²) in [5.41, 5.74) is 4.27. The van der Waals surface area contributed by atoms with E-state index in [9.17, 15) is 36.8 Å². The molecule has 0 radical (unpaired) electrons. The van der Waals surface area contributed by atoms with E-state index in [-0.39, 0.29) is 35.2 Å². The van der Waals surface area contributed by atoms with Crippen molar-refractivity contribution < 1.29 is 40.6 Å². The number of anilines is 1. The van der Waals surface area contributed by atoms with Crippen LogP contribution < -0.4 is 14.8 Å². The van der Waals surface area contributed by atoms with E-state index in [0.717, 1.165) is 22.3 Å². The maximum atomic E-state index is 14.5. The maximum absolute atomic E-state index is 14.5. The molecule has 5 aromatic rings. The van der Waals surface area contributed by atoms with Gasteiger partial charge < -0.3 is 19.6 Å². The van der Waals surface area contributed by atoms with Crippen LogP contribution >= 0.6 is 11.6 Å². The predicted octanol–water partition coefficient (Wildman–Crippen LogP) is 6.99. The predicted molar refractivity (Wildman–Crippen MR) is 227 cm³/mol. The Morgan fingerprint density at radius 1 is 1.03 bits per heavy atom.